The summed E-state index contributed by atoms with van der Waals surface area (Å²) in [6.45, 7) is 3.90. The molecule has 0 aromatic heterocycles. The average Bonchev–Trinajstić information content (AvgIpc) is 2.92. The van der Waals surface area contributed by atoms with Gasteiger partial charge in [0.25, 0.3) is 5.91 Å². The molecule has 1 aliphatic rings. The van der Waals surface area contributed by atoms with E-state index in [1.54, 1.807) is 37.3 Å². The van der Waals surface area contributed by atoms with Crippen LogP contribution in [0.5, 0.6) is 11.5 Å². The Morgan fingerprint density at radius 1 is 1.29 bits per heavy atom. The van der Waals surface area contributed by atoms with Crippen LogP contribution in [0.1, 0.15) is 28.4 Å². The third-order valence-corrected chi connectivity index (χ3v) is 5.39. The lowest BCUT2D eigenvalue weighted by molar-refractivity contribution is -0.113. The van der Waals surface area contributed by atoms with Crippen molar-refractivity contribution in [2.24, 2.45) is 0 Å². The summed E-state index contributed by atoms with van der Waals surface area (Å²) in [4.78, 5) is 26.0. The number of hydrogen-bond acceptors (Lipinski definition) is 6. The Bertz CT molecular complexity index is 1020. The predicted molar refractivity (Wildman–Crippen MR) is 113 cm³/mol. The monoisotopic (exact) mass is 415 g/mol. The van der Waals surface area contributed by atoms with Gasteiger partial charge in [0, 0.05) is 0 Å². The van der Waals surface area contributed by atoms with Gasteiger partial charge in [0.2, 0.25) is 0 Å². The van der Waals surface area contributed by atoms with Gasteiger partial charge in [0.05, 0.1) is 22.8 Å². The summed E-state index contributed by atoms with van der Waals surface area (Å²) < 4.78 is 5.68. The highest BCUT2D eigenvalue weighted by Crippen LogP contribution is 2.37. The maximum absolute atomic E-state index is 12.9. The third-order valence-electron chi connectivity index (χ3n) is 4.08. The smallest absolute Gasteiger partial charge is 0.336 e. The minimum atomic E-state index is -1.06. The summed E-state index contributed by atoms with van der Waals surface area (Å²) in [5, 5.41) is 19.1. The number of carbonyl (C=O) groups is 2. The molecule has 8 heteroatoms. The van der Waals surface area contributed by atoms with Crippen LogP contribution in [0.4, 0.5) is 5.69 Å². The normalized spacial score (nSPS) is 15.4. The Labute approximate surface area is 171 Å². The second-order valence-corrected chi connectivity index (χ2v) is 7.66. The molecule has 1 amide bonds. The molecule has 0 radical (unpaired) electrons. The molecule has 0 bridgehead atoms. The Balaban J connectivity index is 1.94. The highest BCUT2D eigenvalue weighted by Gasteiger charge is 2.33. The first-order valence-corrected chi connectivity index (χ1v) is 9.62. The summed E-state index contributed by atoms with van der Waals surface area (Å²) in [5.41, 5.74) is 1.81. The number of thiocarbonyl (C=S) groups is 1. The molecule has 6 nitrogen and oxygen atoms in total. The van der Waals surface area contributed by atoms with E-state index in [9.17, 15) is 19.8 Å². The number of carbonyl (C=O) groups excluding carboxylic acids is 1. The highest BCUT2D eigenvalue weighted by molar-refractivity contribution is 8.27. The molecular formula is C20H17NO5S2. The van der Waals surface area contributed by atoms with Crippen LogP contribution in [0.25, 0.3) is 6.08 Å². The number of carboxylic acid groups (broad SMARTS) is 1. The predicted octanol–water partition coefficient (Wildman–Crippen LogP) is 4.20. The van der Waals surface area contributed by atoms with Crippen molar-refractivity contribution in [1.82, 2.24) is 0 Å². The molecule has 2 N–H and O–H groups in total. The Hall–Kier alpha value is -2.84. The number of thioether (sulfide) groups is 1. The van der Waals surface area contributed by atoms with E-state index in [2.05, 4.69) is 0 Å². The Kier molecular flexibility index (Phi) is 5.71. The van der Waals surface area contributed by atoms with Gasteiger partial charge in [0.1, 0.15) is 0 Å². The zero-order valence-corrected chi connectivity index (χ0v) is 16.8. The Morgan fingerprint density at radius 3 is 2.71 bits per heavy atom. The first kappa shape index (κ1) is 19.9. The summed E-state index contributed by atoms with van der Waals surface area (Å²) in [5.74, 6) is -1.04. The average molecular weight is 415 g/mol. The van der Waals surface area contributed by atoms with Crippen LogP contribution in [0.3, 0.4) is 0 Å². The number of aromatic carboxylic acids is 1. The fraction of sp³-hybridized carbons (Fsp3) is 0.150. The lowest BCUT2D eigenvalue weighted by atomic mass is 10.1. The number of aryl methyl sites for hydroxylation is 1. The number of benzene rings is 2. The number of phenolic OH excluding ortho intramolecular Hbond substituents is 1. The minimum absolute atomic E-state index is 0.0207. The van der Waals surface area contributed by atoms with Gasteiger partial charge in [-0.1, -0.05) is 36.1 Å². The third kappa shape index (κ3) is 3.88. The molecule has 0 spiro atoms. The number of nitrogens with zero attached hydrogens (tertiary/aromatic N) is 1. The molecule has 28 heavy (non-hydrogen) atoms. The number of amides is 1. The van der Waals surface area contributed by atoms with E-state index in [-0.39, 0.29) is 17.2 Å². The molecule has 0 atom stereocenters. The topological polar surface area (TPSA) is 87.1 Å². The van der Waals surface area contributed by atoms with Crippen molar-refractivity contribution in [2.75, 3.05) is 11.5 Å². The zero-order valence-electron chi connectivity index (χ0n) is 15.1. The second-order valence-electron chi connectivity index (χ2n) is 5.98. The first-order chi connectivity index (χ1) is 13.3. The molecule has 3 rings (SSSR count). The van der Waals surface area contributed by atoms with Crippen molar-refractivity contribution >= 4 is 51.9 Å². The van der Waals surface area contributed by atoms with Crippen molar-refractivity contribution in [2.45, 2.75) is 13.8 Å². The van der Waals surface area contributed by atoms with Crippen molar-refractivity contribution < 1.29 is 24.5 Å². The molecular weight excluding hydrogens is 398 g/mol. The number of rotatable bonds is 5. The van der Waals surface area contributed by atoms with E-state index < -0.39 is 5.97 Å². The van der Waals surface area contributed by atoms with Crippen LogP contribution >= 0.6 is 24.0 Å². The van der Waals surface area contributed by atoms with Crippen molar-refractivity contribution in [3.63, 3.8) is 0 Å². The number of phenols is 1. The van der Waals surface area contributed by atoms with Crippen molar-refractivity contribution in [3.05, 3.63) is 58.0 Å². The van der Waals surface area contributed by atoms with Gasteiger partial charge in [-0.05, 0) is 55.3 Å². The van der Waals surface area contributed by atoms with E-state index in [4.69, 9.17) is 17.0 Å². The highest BCUT2D eigenvalue weighted by atomic mass is 32.2. The van der Waals surface area contributed by atoms with Gasteiger partial charge in [-0.15, -0.1) is 0 Å². The Morgan fingerprint density at radius 2 is 2.04 bits per heavy atom. The van der Waals surface area contributed by atoms with Gasteiger partial charge in [-0.3, -0.25) is 9.69 Å². The van der Waals surface area contributed by atoms with Crippen LogP contribution in [-0.2, 0) is 4.79 Å². The van der Waals surface area contributed by atoms with Gasteiger partial charge in [-0.25, -0.2) is 4.79 Å². The summed E-state index contributed by atoms with van der Waals surface area (Å²) in [6, 6.07) is 9.56. The summed E-state index contributed by atoms with van der Waals surface area (Å²) >= 11 is 6.47. The van der Waals surface area contributed by atoms with E-state index in [0.717, 1.165) is 11.8 Å². The lowest BCUT2D eigenvalue weighted by Crippen LogP contribution is -2.27. The van der Waals surface area contributed by atoms with E-state index in [0.29, 0.717) is 38.4 Å². The zero-order chi connectivity index (χ0) is 20.4. The summed E-state index contributed by atoms with van der Waals surface area (Å²) in [6.07, 6.45) is 1.66. The lowest BCUT2D eigenvalue weighted by Gasteiger charge is -2.16. The van der Waals surface area contributed by atoms with Gasteiger partial charge < -0.3 is 14.9 Å². The number of hydrogen-bond donors (Lipinski definition) is 2. The maximum Gasteiger partial charge on any atom is 0.336 e. The number of ether oxygens (including phenoxy) is 1. The van der Waals surface area contributed by atoms with Gasteiger partial charge in [0.15, 0.2) is 15.8 Å². The van der Waals surface area contributed by atoms with Gasteiger partial charge in [-0.2, -0.15) is 0 Å². The molecule has 2 aromatic carbocycles. The quantitative estimate of drug-likeness (QED) is 0.559. The first-order valence-electron chi connectivity index (χ1n) is 8.39. The molecule has 0 aliphatic carbocycles. The van der Waals surface area contributed by atoms with Crippen LogP contribution in [0.2, 0.25) is 0 Å². The number of anilines is 1. The fourth-order valence-corrected chi connectivity index (χ4v) is 4.01. The van der Waals surface area contributed by atoms with E-state index in [1.807, 2.05) is 6.92 Å². The largest absolute Gasteiger partial charge is 0.504 e. The van der Waals surface area contributed by atoms with Crippen molar-refractivity contribution in [1.29, 1.82) is 0 Å². The number of carboxylic acids is 1. The second kappa shape index (κ2) is 8.04. The maximum atomic E-state index is 12.9. The van der Waals surface area contributed by atoms with Crippen LogP contribution in [0.15, 0.2) is 41.3 Å². The standard InChI is InChI=1S/C20H17NO5S2/c1-3-26-16-8-12(5-7-15(16)22)9-17-18(23)21(20(27)28-17)13-6-4-11(2)14(10-13)19(24)25/h4-10,22H,3H2,1-2H3,(H,24,25)/b17-9-. The van der Waals surface area contributed by atoms with Crippen molar-refractivity contribution in [3.8, 4) is 11.5 Å². The molecule has 1 saturated heterocycles. The molecule has 1 aliphatic heterocycles. The molecule has 1 heterocycles. The van der Waals surface area contributed by atoms with Crippen LogP contribution in [-0.4, -0.2) is 33.0 Å². The fourth-order valence-electron chi connectivity index (χ4n) is 2.71. The SMILES string of the molecule is CCOc1cc(/C=C2\SC(=S)N(c3ccc(C)c(C(=O)O)c3)C2=O)ccc1O. The van der Waals surface area contributed by atoms with E-state index in [1.165, 1.54) is 17.0 Å². The van der Waals surface area contributed by atoms with Crippen LogP contribution in [0, 0.1) is 6.92 Å². The summed E-state index contributed by atoms with van der Waals surface area (Å²) in [7, 11) is 0. The minimum Gasteiger partial charge on any atom is -0.504 e. The van der Waals surface area contributed by atoms with Gasteiger partial charge >= 0.3 is 5.97 Å². The molecule has 0 unspecified atom stereocenters. The van der Waals surface area contributed by atoms with Crippen LogP contribution < -0.4 is 9.64 Å². The molecule has 1 fully saturated rings. The van der Waals surface area contributed by atoms with E-state index >= 15 is 0 Å². The molecule has 2 aromatic rings. The number of aromatic hydroxyl groups is 1. The molecule has 144 valence electrons. The molecule has 0 saturated carbocycles.